The van der Waals surface area contributed by atoms with Gasteiger partial charge in [0.25, 0.3) is 0 Å². The van der Waals surface area contributed by atoms with Crippen molar-refractivity contribution in [1.29, 1.82) is 0 Å². The van der Waals surface area contributed by atoms with Crippen molar-refractivity contribution in [3.8, 4) is 0 Å². The summed E-state index contributed by atoms with van der Waals surface area (Å²) >= 11 is 5.34. The lowest BCUT2D eigenvalue weighted by Gasteiger charge is -2.37. The molecule has 1 N–H and O–H groups in total. The maximum Gasteiger partial charge on any atom is 0.310 e. The number of halogens is 1. The van der Waals surface area contributed by atoms with Crippen molar-refractivity contribution in [1.82, 2.24) is 9.80 Å². The fourth-order valence-electron chi connectivity index (χ4n) is 5.66. The second-order valence-electron chi connectivity index (χ2n) is 9.30. The first-order chi connectivity index (χ1) is 16.4. The third-order valence-corrected chi connectivity index (χ3v) is 10.3. The fourth-order valence-corrected chi connectivity index (χ4v) is 9.25. The maximum atomic E-state index is 13.9. The fraction of sp³-hybridized carbons (Fsp3) is 0.720. The number of aliphatic hydroxyl groups is 1. The molecule has 6 atom stereocenters. The third kappa shape index (κ3) is 4.98. The van der Waals surface area contributed by atoms with Gasteiger partial charge in [-0.1, -0.05) is 41.4 Å². The van der Waals surface area contributed by atoms with E-state index in [9.17, 15) is 19.5 Å². The Hall–Kier alpha value is -1.32. The van der Waals surface area contributed by atoms with Crippen LogP contribution in [0.15, 0.2) is 25.3 Å². The molecular weight excluding hydrogens is 520 g/mol. The Morgan fingerprint density at radius 1 is 1.32 bits per heavy atom. The molecule has 3 unspecified atom stereocenters. The number of carbonyl (C=O) groups is 3. The molecule has 0 radical (unpaired) electrons. The second kappa shape index (κ2) is 12.1. The molecule has 3 aliphatic rings. The van der Waals surface area contributed by atoms with Crippen molar-refractivity contribution in [3.05, 3.63) is 25.3 Å². The highest BCUT2D eigenvalue weighted by Gasteiger charge is 2.76. The van der Waals surface area contributed by atoms with E-state index in [0.717, 1.165) is 32.1 Å². The first kappa shape index (κ1) is 27.3. The van der Waals surface area contributed by atoms with Crippen molar-refractivity contribution in [3.63, 3.8) is 0 Å². The first-order valence-electron chi connectivity index (χ1n) is 12.3. The Bertz CT molecular complexity index is 795. The first-order valence-corrected chi connectivity index (χ1v) is 14.1. The summed E-state index contributed by atoms with van der Waals surface area (Å²) in [6.07, 6.45) is 8.47. The van der Waals surface area contributed by atoms with Gasteiger partial charge in [0, 0.05) is 29.7 Å². The van der Waals surface area contributed by atoms with E-state index in [1.54, 1.807) is 22.7 Å². The number of hydrogen-bond donors (Lipinski definition) is 1. The van der Waals surface area contributed by atoms with Crippen LogP contribution in [0.5, 0.6) is 0 Å². The van der Waals surface area contributed by atoms with Crippen LogP contribution in [-0.2, 0) is 19.1 Å². The molecule has 0 saturated carbocycles. The molecule has 3 fully saturated rings. The van der Waals surface area contributed by atoms with Crippen molar-refractivity contribution < 1.29 is 24.2 Å². The minimum Gasteiger partial charge on any atom is -0.465 e. The lowest BCUT2D eigenvalue weighted by Crippen LogP contribution is -2.55. The average Bonchev–Trinajstić information content (AvgIpc) is 3.40. The number of likely N-dealkylation sites (tertiary alicyclic amines) is 1. The van der Waals surface area contributed by atoms with Gasteiger partial charge in [0.05, 0.1) is 29.8 Å². The van der Waals surface area contributed by atoms with Crippen molar-refractivity contribution in [2.75, 3.05) is 32.8 Å². The summed E-state index contributed by atoms with van der Waals surface area (Å²) in [4.78, 5) is 44.1. The zero-order valence-corrected chi connectivity index (χ0v) is 22.4. The molecule has 2 amide bonds. The molecule has 2 bridgehead atoms. The summed E-state index contributed by atoms with van der Waals surface area (Å²) in [5.41, 5.74) is 0. The highest BCUT2D eigenvalue weighted by Crippen LogP contribution is 2.68. The number of amides is 2. The molecule has 190 valence electrons. The number of hydrogen-bond acceptors (Lipinski definition) is 6. The standard InChI is InChI=1S/C25H37BrN2O5S/c1-4-7-9-10-15-33-24(32)18-19-22(30)28(13-14-29)21(25(19)16-17(26)20(18)34-25)23(31)27(11-6-3)12-8-5-2/h4,6,17-21,29H,1,3,5,7-16H2,2H3/t17?,18-,19+,20-,21?,25?/m1/s1. The van der Waals surface area contributed by atoms with Gasteiger partial charge in [-0.25, -0.2) is 0 Å². The number of carbonyl (C=O) groups excluding carboxylic acids is 3. The summed E-state index contributed by atoms with van der Waals surface area (Å²) in [6.45, 7) is 10.7. The average molecular weight is 558 g/mol. The SMILES string of the molecule is C=CCCCCOC(=O)[C@H]1[C@@H]2SC3(CC2Br)C(C(=O)N(CC=C)CCCC)N(CCO)C(=O)[C@H]13. The van der Waals surface area contributed by atoms with Crippen LogP contribution in [0.1, 0.15) is 45.4 Å². The number of thioether (sulfide) groups is 1. The van der Waals surface area contributed by atoms with Crippen molar-refractivity contribution >= 4 is 45.5 Å². The Labute approximate surface area is 215 Å². The van der Waals surface area contributed by atoms with Crippen LogP contribution < -0.4 is 0 Å². The Morgan fingerprint density at radius 3 is 2.74 bits per heavy atom. The van der Waals surface area contributed by atoms with E-state index < -0.39 is 22.6 Å². The summed E-state index contributed by atoms with van der Waals surface area (Å²) in [5.74, 6) is -1.91. The van der Waals surface area contributed by atoms with Crippen molar-refractivity contribution in [2.24, 2.45) is 11.8 Å². The van der Waals surface area contributed by atoms with E-state index in [4.69, 9.17) is 4.74 Å². The predicted molar refractivity (Wildman–Crippen MR) is 138 cm³/mol. The van der Waals surface area contributed by atoms with E-state index >= 15 is 0 Å². The zero-order chi connectivity index (χ0) is 24.9. The molecule has 3 heterocycles. The van der Waals surface area contributed by atoms with Gasteiger partial charge < -0.3 is 19.6 Å². The number of esters is 1. The van der Waals surface area contributed by atoms with E-state index in [0.29, 0.717) is 26.1 Å². The van der Waals surface area contributed by atoms with Crippen LogP contribution in [0.2, 0.25) is 0 Å². The number of ether oxygens (including phenoxy) is 1. The molecule has 0 aromatic rings. The molecule has 0 aromatic heterocycles. The Morgan fingerprint density at radius 2 is 2.09 bits per heavy atom. The number of aliphatic hydroxyl groups excluding tert-OH is 1. The highest BCUT2D eigenvalue weighted by atomic mass is 79.9. The Kier molecular flexibility index (Phi) is 9.69. The van der Waals surface area contributed by atoms with Crippen LogP contribution in [0.3, 0.4) is 0 Å². The third-order valence-electron chi connectivity index (χ3n) is 7.13. The topological polar surface area (TPSA) is 87.2 Å². The van der Waals surface area contributed by atoms with Crippen LogP contribution in [0.4, 0.5) is 0 Å². The number of alkyl halides is 1. The van der Waals surface area contributed by atoms with Crippen molar-refractivity contribution in [2.45, 2.75) is 66.3 Å². The van der Waals surface area contributed by atoms with E-state index in [2.05, 4.69) is 36.0 Å². The summed E-state index contributed by atoms with van der Waals surface area (Å²) < 4.78 is 4.91. The molecule has 3 aliphatic heterocycles. The van der Waals surface area contributed by atoms with Gasteiger partial charge in [-0.15, -0.1) is 24.9 Å². The molecule has 7 nitrogen and oxygen atoms in total. The molecule has 3 rings (SSSR count). The van der Waals surface area contributed by atoms with Crippen LogP contribution in [-0.4, -0.2) is 86.4 Å². The molecule has 3 saturated heterocycles. The number of fused-ring (bicyclic) bond motifs is 1. The maximum absolute atomic E-state index is 13.9. The number of β-amino-alcohol motifs (C(OH)–C–C–N with tert-alkyl or cyclic N) is 1. The molecule has 34 heavy (non-hydrogen) atoms. The smallest absolute Gasteiger partial charge is 0.310 e. The van der Waals surface area contributed by atoms with Crippen LogP contribution in [0, 0.1) is 11.8 Å². The molecule has 1 spiro atoms. The summed E-state index contributed by atoms with van der Waals surface area (Å²) in [6, 6.07) is -0.714. The van der Waals surface area contributed by atoms with E-state index in [1.165, 1.54) is 4.90 Å². The minimum atomic E-state index is -0.714. The predicted octanol–water partition coefficient (Wildman–Crippen LogP) is 3.16. The van der Waals surface area contributed by atoms with E-state index in [1.807, 2.05) is 6.08 Å². The summed E-state index contributed by atoms with van der Waals surface area (Å²) in [7, 11) is 0. The largest absolute Gasteiger partial charge is 0.465 e. The van der Waals surface area contributed by atoms with Crippen LogP contribution >= 0.6 is 27.7 Å². The molecule has 9 heteroatoms. The quantitative estimate of drug-likeness (QED) is 0.153. The molecule has 0 aromatic carbocycles. The number of rotatable bonds is 14. The zero-order valence-electron chi connectivity index (χ0n) is 20.0. The molecule has 0 aliphatic carbocycles. The second-order valence-corrected chi connectivity index (χ2v) is 12.0. The lowest BCUT2D eigenvalue weighted by molar-refractivity contribution is -0.154. The number of nitrogens with zero attached hydrogens (tertiary/aromatic N) is 2. The number of unbranched alkanes of at least 4 members (excludes halogenated alkanes) is 3. The van der Waals surface area contributed by atoms with Gasteiger partial charge >= 0.3 is 5.97 Å². The Balaban J connectivity index is 1.89. The van der Waals surface area contributed by atoms with Gasteiger partial charge in [0.15, 0.2) is 0 Å². The summed E-state index contributed by atoms with van der Waals surface area (Å²) in [5, 5.41) is 9.60. The molecular formula is C25H37BrN2O5S. The normalized spacial score (nSPS) is 31.4. The van der Waals surface area contributed by atoms with Gasteiger partial charge in [-0.05, 0) is 32.1 Å². The van der Waals surface area contributed by atoms with Gasteiger partial charge in [-0.2, -0.15) is 0 Å². The van der Waals surface area contributed by atoms with E-state index in [-0.39, 0.29) is 41.0 Å². The van der Waals surface area contributed by atoms with Gasteiger partial charge in [-0.3, -0.25) is 14.4 Å². The van der Waals surface area contributed by atoms with Gasteiger partial charge in [0.2, 0.25) is 11.8 Å². The van der Waals surface area contributed by atoms with Crippen LogP contribution in [0.25, 0.3) is 0 Å². The minimum absolute atomic E-state index is 0.00717. The highest BCUT2D eigenvalue weighted by molar-refractivity contribution is 9.09. The van der Waals surface area contributed by atoms with Gasteiger partial charge in [0.1, 0.15) is 6.04 Å². The monoisotopic (exact) mass is 556 g/mol. The lowest BCUT2D eigenvalue weighted by atomic mass is 9.71. The number of allylic oxidation sites excluding steroid dienone is 1.